The summed E-state index contributed by atoms with van der Waals surface area (Å²) < 4.78 is 16.4. The summed E-state index contributed by atoms with van der Waals surface area (Å²) in [5.74, 6) is 1.78. The molecular formula is C20H22N2O3S. The lowest BCUT2D eigenvalue weighted by atomic mass is 10.1. The Kier molecular flexibility index (Phi) is 6.17. The second-order valence-corrected chi connectivity index (χ2v) is 7.29. The van der Waals surface area contributed by atoms with Crippen LogP contribution in [0.4, 0.5) is 0 Å². The van der Waals surface area contributed by atoms with Crippen LogP contribution < -0.4 is 9.47 Å². The van der Waals surface area contributed by atoms with Gasteiger partial charge in [0.1, 0.15) is 0 Å². The van der Waals surface area contributed by atoms with Gasteiger partial charge in [0, 0.05) is 10.8 Å². The molecule has 1 aromatic heterocycles. The van der Waals surface area contributed by atoms with E-state index in [0.29, 0.717) is 27.9 Å². The molecule has 3 aromatic rings. The van der Waals surface area contributed by atoms with Gasteiger partial charge in [0.05, 0.1) is 14.2 Å². The van der Waals surface area contributed by atoms with Crippen molar-refractivity contribution in [1.29, 1.82) is 0 Å². The highest BCUT2D eigenvalue weighted by Gasteiger charge is 2.14. The van der Waals surface area contributed by atoms with Crippen molar-refractivity contribution in [1.82, 2.24) is 10.2 Å². The monoisotopic (exact) mass is 370 g/mol. The van der Waals surface area contributed by atoms with Crippen molar-refractivity contribution in [3.63, 3.8) is 0 Å². The van der Waals surface area contributed by atoms with Gasteiger partial charge in [-0.2, -0.15) is 0 Å². The van der Waals surface area contributed by atoms with Crippen LogP contribution in [0, 0.1) is 0 Å². The Morgan fingerprint density at radius 3 is 2.50 bits per heavy atom. The minimum atomic E-state index is 0.383. The standard InChI is InChI=1S/C20H22N2O3S/c1-14(9-10-15-7-5-4-6-8-15)26-20-22-21-19(25-20)16-11-12-17(23-2)18(13-16)24-3/h4-8,11-14H,9-10H2,1-3H3/t14-/m1/s1. The molecule has 26 heavy (non-hydrogen) atoms. The quantitative estimate of drug-likeness (QED) is 0.527. The molecule has 2 aromatic carbocycles. The molecule has 0 spiro atoms. The highest BCUT2D eigenvalue weighted by atomic mass is 32.2. The second kappa shape index (κ2) is 8.76. The van der Waals surface area contributed by atoms with Crippen LogP contribution in [0.5, 0.6) is 11.5 Å². The summed E-state index contributed by atoms with van der Waals surface area (Å²) in [6.07, 6.45) is 2.08. The van der Waals surface area contributed by atoms with E-state index < -0.39 is 0 Å². The highest BCUT2D eigenvalue weighted by molar-refractivity contribution is 7.99. The Labute approximate surface area is 157 Å². The van der Waals surface area contributed by atoms with Gasteiger partial charge in [0.25, 0.3) is 5.22 Å². The second-order valence-electron chi connectivity index (χ2n) is 5.90. The lowest BCUT2D eigenvalue weighted by Crippen LogP contribution is -1.98. The lowest BCUT2D eigenvalue weighted by Gasteiger charge is -2.08. The first-order valence-electron chi connectivity index (χ1n) is 8.46. The molecule has 136 valence electrons. The fraction of sp³-hybridized carbons (Fsp3) is 0.300. The Morgan fingerprint density at radius 2 is 1.77 bits per heavy atom. The molecular weight excluding hydrogens is 348 g/mol. The van der Waals surface area contributed by atoms with Crippen molar-refractivity contribution < 1.29 is 13.9 Å². The number of hydrogen-bond acceptors (Lipinski definition) is 6. The summed E-state index contributed by atoms with van der Waals surface area (Å²) in [6, 6.07) is 16.0. The number of nitrogens with zero attached hydrogens (tertiary/aromatic N) is 2. The SMILES string of the molecule is COc1ccc(-c2nnc(S[C@H](C)CCc3ccccc3)o2)cc1OC. The number of benzene rings is 2. The molecule has 1 heterocycles. The fourth-order valence-corrected chi connectivity index (χ4v) is 3.38. The summed E-state index contributed by atoms with van der Waals surface area (Å²) in [5.41, 5.74) is 2.15. The van der Waals surface area contributed by atoms with Gasteiger partial charge in [-0.05, 0) is 36.6 Å². The Bertz CT molecular complexity index is 836. The average molecular weight is 370 g/mol. The van der Waals surface area contributed by atoms with Gasteiger partial charge in [0.15, 0.2) is 11.5 Å². The van der Waals surface area contributed by atoms with Crippen LogP contribution in [0.25, 0.3) is 11.5 Å². The van der Waals surface area contributed by atoms with Crippen LogP contribution >= 0.6 is 11.8 Å². The molecule has 0 saturated carbocycles. The minimum absolute atomic E-state index is 0.383. The third kappa shape index (κ3) is 4.58. The average Bonchev–Trinajstić information content (AvgIpc) is 3.15. The van der Waals surface area contributed by atoms with Crippen molar-refractivity contribution in [2.75, 3.05) is 14.2 Å². The van der Waals surface area contributed by atoms with E-state index in [9.17, 15) is 0 Å². The van der Waals surface area contributed by atoms with Crippen molar-refractivity contribution in [3.8, 4) is 23.0 Å². The maximum atomic E-state index is 5.81. The zero-order valence-corrected chi connectivity index (χ0v) is 16.0. The van der Waals surface area contributed by atoms with E-state index in [-0.39, 0.29) is 0 Å². The van der Waals surface area contributed by atoms with E-state index in [0.717, 1.165) is 18.4 Å². The third-order valence-electron chi connectivity index (χ3n) is 4.02. The van der Waals surface area contributed by atoms with Crippen molar-refractivity contribution in [3.05, 3.63) is 54.1 Å². The molecule has 5 nitrogen and oxygen atoms in total. The summed E-state index contributed by atoms with van der Waals surface area (Å²) in [7, 11) is 3.21. The smallest absolute Gasteiger partial charge is 0.277 e. The van der Waals surface area contributed by atoms with Gasteiger partial charge in [-0.25, -0.2) is 0 Å². The van der Waals surface area contributed by atoms with Gasteiger partial charge in [-0.1, -0.05) is 49.0 Å². The summed E-state index contributed by atoms with van der Waals surface area (Å²) in [5, 5.41) is 9.28. The van der Waals surface area contributed by atoms with Gasteiger partial charge < -0.3 is 13.9 Å². The van der Waals surface area contributed by atoms with Gasteiger partial charge in [-0.3, -0.25) is 0 Å². The number of rotatable bonds is 8. The first-order valence-corrected chi connectivity index (χ1v) is 9.34. The van der Waals surface area contributed by atoms with Crippen LogP contribution in [-0.2, 0) is 6.42 Å². The molecule has 0 aliphatic heterocycles. The topological polar surface area (TPSA) is 57.4 Å². The van der Waals surface area contributed by atoms with Crippen LogP contribution in [0.15, 0.2) is 58.2 Å². The first-order chi connectivity index (χ1) is 12.7. The maximum absolute atomic E-state index is 5.81. The number of aryl methyl sites for hydroxylation is 1. The molecule has 0 bridgehead atoms. The van der Waals surface area contributed by atoms with Gasteiger partial charge in [-0.15, -0.1) is 10.2 Å². The van der Waals surface area contributed by atoms with Crippen molar-refractivity contribution in [2.24, 2.45) is 0 Å². The molecule has 0 unspecified atom stereocenters. The van der Waals surface area contributed by atoms with Crippen LogP contribution in [0.2, 0.25) is 0 Å². The Morgan fingerprint density at radius 1 is 1.00 bits per heavy atom. The predicted molar refractivity (Wildman–Crippen MR) is 103 cm³/mol. The van der Waals surface area contributed by atoms with E-state index in [1.807, 2.05) is 24.3 Å². The zero-order valence-electron chi connectivity index (χ0n) is 15.1. The number of methoxy groups -OCH3 is 2. The van der Waals surface area contributed by atoms with E-state index >= 15 is 0 Å². The van der Waals surface area contributed by atoms with E-state index in [4.69, 9.17) is 13.9 Å². The minimum Gasteiger partial charge on any atom is -0.493 e. The Balaban J connectivity index is 1.62. The summed E-state index contributed by atoms with van der Waals surface area (Å²) >= 11 is 1.60. The molecule has 0 amide bonds. The number of ether oxygens (including phenoxy) is 2. The fourth-order valence-electron chi connectivity index (χ4n) is 2.59. The lowest BCUT2D eigenvalue weighted by molar-refractivity contribution is 0.355. The maximum Gasteiger partial charge on any atom is 0.277 e. The molecule has 0 aliphatic carbocycles. The molecule has 0 fully saturated rings. The largest absolute Gasteiger partial charge is 0.493 e. The van der Waals surface area contributed by atoms with Crippen LogP contribution in [-0.4, -0.2) is 29.7 Å². The number of hydrogen-bond donors (Lipinski definition) is 0. The number of thioether (sulfide) groups is 1. The van der Waals surface area contributed by atoms with Gasteiger partial charge >= 0.3 is 0 Å². The molecule has 0 N–H and O–H groups in total. The normalized spacial score (nSPS) is 12.0. The Hall–Kier alpha value is -2.47. The molecule has 0 radical (unpaired) electrons. The van der Waals surface area contributed by atoms with Crippen molar-refractivity contribution in [2.45, 2.75) is 30.2 Å². The van der Waals surface area contributed by atoms with Crippen LogP contribution in [0.3, 0.4) is 0 Å². The zero-order chi connectivity index (χ0) is 18.4. The summed E-state index contributed by atoms with van der Waals surface area (Å²) in [4.78, 5) is 0. The van der Waals surface area contributed by atoms with Crippen LogP contribution in [0.1, 0.15) is 18.9 Å². The molecule has 0 aliphatic rings. The molecule has 1 atom stereocenters. The first kappa shape index (κ1) is 18.3. The highest BCUT2D eigenvalue weighted by Crippen LogP contribution is 2.33. The third-order valence-corrected chi connectivity index (χ3v) is 5.03. The van der Waals surface area contributed by atoms with Gasteiger partial charge in [0.2, 0.25) is 5.89 Å². The van der Waals surface area contributed by atoms with Crippen molar-refractivity contribution >= 4 is 11.8 Å². The van der Waals surface area contributed by atoms with E-state index in [2.05, 4.69) is 41.4 Å². The molecule has 6 heteroatoms. The number of aromatic nitrogens is 2. The predicted octanol–water partition coefficient (Wildman–Crippen LogP) is 4.87. The summed E-state index contributed by atoms with van der Waals surface area (Å²) in [6.45, 7) is 2.17. The molecule has 3 rings (SSSR count). The molecule has 0 saturated heterocycles. The van der Waals surface area contributed by atoms with E-state index in [1.165, 1.54) is 5.56 Å². The van der Waals surface area contributed by atoms with E-state index in [1.54, 1.807) is 26.0 Å².